The Balaban J connectivity index is 2.29. The van der Waals surface area contributed by atoms with E-state index in [9.17, 15) is 4.79 Å². The van der Waals surface area contributed by atoms with Gasteiger partial charge >= 0.3 is 0 Å². The second-order valence-corrected chi connectivity index (χ2v) is 2.95. The second kappa shape index (κ2) is 5.19. The predicted molar refractivity (Wildman–Crippen MR) is 54.4 cm³/mol. The first-order valence-electron chi connectivity index (χ1n) is 4.29. The summed E-state index contributed by atoms with van der Waals surface area (Å²) in [5.74, 6) is -0.516. The fourth-order valence-corrected chi connectivity index (χ4v) is 0.937. The SMILES string of the molecule is C=C(COCc1ccccc1)C(N)=O. The highest BCUT2D eigenvalue weighted by Crippen LogP contribution is 2.01. The van der Waals surface area contributed by atoms with Crippen LogP contribution in [0.15, 0.2) is 42.5 Å². The van der Waals surface area contributed by atoms with E-state index in [1.54, 1.807) is 0 Å². The van der Waals surface area contributed by atoms with Gasteiger partial charge in [0, 0.05) is 5.57 Å². The van der Waals surface area contributed by atoms with E-state index in [2.05, 4.69) is 6.58 Å². The second-order valence-electron chi connectivity index (χ2n) is 2.95. The first kappa shape index (κ1) is 10.5. The number of benzene rings is 1. The highest BCUT2D eigenvalue weighted by Gasteiger charge is 2.00. The van der Waals surface area contributed by atoms with Gasteiger partial charge in [0.1, 0.15) is 0 Å². The molecule has 1 aromatic carbocycles. The molecule has 0 aromatic heterocycles. The molecule has 0 saturated carbocycles. The van der Waals surface area contributed by atoms with Gasteiger partial charge in [-0.15, -0.1) is 0 Å². The minimum absolute atomic E-state index is 0.185. The van der Waals surface area contributed by atoms with Crippen LogP contribution in [0.5, 0.6) is 0 Å². The van der Waals surface area contributed by atoms with Crippen LogP contribution < -0.4 is 5.73 Å². The van der Waals surface area contributed by atoms with Gasteiger partial charge in [-0.25, -0.2) is 0 Å². The molecular formula is C11H13NO2. The molecule has 1 amide bonds. The number of amides is 1. The van der Waals surface area contributed by atoms with E-state index in [0.717, 1.165) is 5.56 Å². The van der Waals surface area contributed by atoms with Crippen LogP contribution in [-0.4, -0.2) is 12.5 Å². The summed E-state index contributed by atoms with van der Waals surface area (Å²) in [5, 5.41) is 0. The van der Waals surface area contributed by atoms with Crippen molar-refractivity contribution in [1.29, 1.82) is 0 Å². The van der Waals surface area contributed by atoms with Crippen molar-refractivity contribution in [3.8, 4) is 0 Å². The normalized spacial score (nSPS) is 9.71. The molecule has 0 spiro atoms. The first-order chi connectivity index (χ1) is 6.70. The predicted octanol–water partition coefficient (Wildman–Crippen LogP) is 1.24. The lowest BCUT2D eigenvalue weighted by Crippen LogP contribution is -2.16. The standard InChI is InChI=1S/C11H13NO2/c1-9(11(12)13)7-14-8-10-5-3-2-4-6-10/h2-6H,1,7-8H2,(H2,12,13). The molecule has 1 rings (SSSR count). The molecule has 0 fully saturated rings. The Kier molecular flexibility index (Phi) is 3.88. The minimum Gasteiger partial charge on any atom is -0.372 e. The lowest BCUT2D eigenvalue weighted by atomic mass is 10.2. The largest absolute Gasteiger partial charge is 0.372 e. The molecule has 0 saturated heterocycles. The Bertz CT molecular complexity index is 319. The van der Waals surface area contributed by atoms with Crippen LogP contribution in [0.1, 0.15) is 5.56 Å². The Morgan fingerprint density at radius 2 is 2.00 bits per heavy atom. The number of carbonyl (C=O) groups excluding carboxylic acids is 1. The highest BCUT2D eigenvalue weighted by atomic mass is 16.5. The lowest BCUT2D eigenvalue weighted by Gasteiger charge is -2.03. The van der Waals surface area contributed by atoms with E-state index >= 15 is 0 Å². The number of hydrogen-bond acceptors (Lipinski definition) is 2. The molecular weight excluding hydrogens is 178 g/mol. The van der Waals surface area contributed by atoms with Gasteiger partial charge in [0.15, 0.2) is 0 Å². The molecule has 0 heterocycles. The Morgan fingerprint density at radius 1 is 1.36 bits per heavy atom. The van der Waals surface area contributed by atoms with Crippen molar-refractivity contribution in [3.63, 3.8) is 0 Å². The van der Waals surface area contributed by atoms with Crippen molar-refractivity contribution in [3.05, 3.63) is 48.0 Å². The van der Waals surface area contributed by atoms with E-state index in [4.69, 9.17) is 10.5 Å². The van der Waals surface area contributed by atoms with Gasteiger partial charge in [-0.2, -0.15) is 0 Å². The Morgan fingerprint density at radius 3 is 2.57 bits per heavy atom. The molecule has 2 N–H and O–H groups in total. The molecule has 74 valence electrons. The number of hydrogen-bond donors (Lipinski definition) is 1. The van der Waals surface area contributed by atoms with Crippen LogP contribution in [0.2, 0.25) is 0 Å². The third-order valence-electron chi connectivity index (χ3n) is 1.74. The summed E-state index contributed by atoms with van der Waals surface area (Å²) in [7, 11) is 0. The monoisotopic (exact) mass is 191 g/mol. The van der Waals surface area contributed by atoms with Crippen molar-refractivity contribution < 1.29 is 9.53 Å². The molecule has 0 bridgehead atoms. The average Bonchev–Trinajstić information content (AvgIpc) is 2.19. The van der Waals surface area contributed by atoms with Crippen LogP contribution >= 0.6 is 0 Å². The maximum absolute atomic E-state index is 10.6. The Labute approximate surface area is 83.2 Å². The van der Waals surface area contributed by atoms with Crippen LogP contribution in [0.4, 0.5) is 0 Å². The van der Waals surface area contributed by atoms with E-state index < -0.39 is 5.91 Å². The molecule has 14 heavy (non-hydrogen) atoms. The molecule has 0 aliphatic carbocycles. The van der Waals surface area contributed by atoms with Crippen molar-refractivity contribution >= 4 is 5.91 Å². The summed E-state index contributed by atoms with van der Waals surface area (Å²) in [5.41, 5.74) is 6.35. The van der Waals surface area contributed by atoms with Gasteiger partial charge in [0.2, 0.25) is 5.91 Å². The molecule has 0 aliphatic heterocycles. The fourth-order valence-electron chi connectivity index (χ4n) is 0.937. The van der Waals surface area contributed by atoms with Crippen molar-refractivity contribution in [2.24, 2.45) is 5.73 Å². The van der Waals surface area contributed by atoms with Crippen molar-refractivity contribution in [1.82, 2.24) is 0 Å². The lowest BCUT2D eigenvalue weighted by molar-refractivity contribution is -0.115. The highest BCUT2D eigenvalue weighted by molar-refractivity contribution is 5.91. The summed E-state index contributed by atoms with van der Waals surface area (Å²) in [4.78, 5) is 10.6. The average molecular weight is 191 g/mol. The quantitative estimate of drug-likeness (QED) is 0.712. The van der Waals surface area contributed by atoms with E-state index in [1.807, 2.05) is 30.3 Å². The van der Waals surface area contributed by atoms with Gasteiger partial charge in [-0.1, -0.05) is 36.9 Å². The molecule has 0 aliphatic rings. The maximum atomic E-state index is 10.6. The zero-order valence-corrected chi connectivity index (χ0v) is 7.90. The zero-order valence-electron chi connectivity index (χ0n) is 7.90. The smallest absolute Gasteiger partial charge is 0.246 e. The van der Waals surface area contributed by atoms with E-state index in [-0.39, 0.29) is 6.61 Å². The van der Waals surface area contributed by atoms with E-state index in [0.29, 0.717) is 12.2 Å². The number of primary amides is 1. The fraction of sp³-hybridized carbons (Fsp3) is 0.182. The van der Waals surface area contributed by atoms with Crippen LogP contribution in [0, 0.1) is 0 Å². The van der Waals surface area contributed by atoms with Gasteiger partial charge in [-0.3, -0.25) is 4.79 Å². The molecule has 3 nitrogen and oxygen atoms in total. The number of ether oxygens (including phenoxy) is 1. The summed E-state index contributed by atoms with van der Waals surface area (Å²) in [6, 6.07) is 9.70. The van der Waals surface area contributed by atoms with Gasteiger partial charge in [0.05, 0.1) is 13.2 Å². The van der Waals surface area contributed by atoms with Gasteiger partial charge in [0.25, 0.3) is 0 Å². The summed E-state index contributed by atoms with van der Waals surface area (Å²) in [6.07, 6.45) is 0. The number of carbonyl (C=O) groups is 1. The summed E-state index contributed by atoms with van der Waals surface area (Å²) >= 11 is 0. The number of nitrogens with two attached hydrogens (primary N) is 1. The summed E-state index contributed by atoms with van der Waals surface area (Å²) in [6.45, 7) is 4.14. The molecule has 1 aromatic rings. The third kappa shape index (κ3) is 3.41. The number of rotatable bonds is 5. The third-order valence-corrected chi connectivity index (χ3v) is 1.74. The Hall–Kier alpha value is -1.61. The van der Waals surface area contributed by atoms with Crippen LogP contribution in [0.3, 0.4) is 0 Å². The van der Waals surface area contributed by atoms with Crippen LogP contribution in [0.25, 0.3) is 0 Å². The molecule has 0 atom stereocenters. The topological polar surface area (TPSA) is 52.3 Å². The first-order valence-corrected chi connectivity index (χ1v) is 4.29. The van der Waals surface area contributed by atoms with Crippen molar-refractivity contribution in [2.75, 3.05) is 6.61 Å². The molecule has 0 radical (unpaired) electrons. The molecule has 0 unspecified atom stereocenters. The zero-order chi connectivity index (χ0) is 10.4. The van der Waals surface area contributed by atoms with Crippen LogP contribution in [-0.2, 0) is 16.1 Å². The van der Waals surface area contributed by atoms with Gasteiger partial charge in [-0.05, 0) is 5.56 Å². The minimum atomic E-state index is -0.516. The summed E-state index contributed by atoms with van der Waals surface area (Å²) < 4.78 is 5.24. The van der Waals surface area contributed by atoms with Gasteiger partial charge < -0.3 is 10.5 Å². The van der Waals surface area contributed by atoms with E-state index in [1.165, 1.54) is 0 Å². The van der Waals surface area contributed by atoms with Crippen molar-refractivity contribution in [2.45, 2.75) is 6.61 Å². The maximum Gasteiger partial charge on any atom is 0.246 e. The molecule has 3 heteroatoms.